The van der Waals surface area contributed by atoms with Crippen molar-refractivity contribution in [2.75, 3.05) is 5.33 Å². The predicted molar refractivity (Wildman–Crippen MR) is 42.8 cm³/mol. The van der Waals surface area contributed by atoms with Crippen LogP contribution in [0.5, 0.6) is 0 Å². The van der Waals surface area contributed by atoms with Gasteiger partial charge in [0, 0.05) is 17.2 Å². The number of rotatable bonds is 2. The first-order chi connectivity index (χ1) is 4.43. The van der Waals surface area contributed by atoms with Crippen LogP contribution < -0.4 is 17.0 Å². The minimum Gasteiger partial charge on any atom is -1.00 e. The molecule has 1 nitrogen and oxygen atoms in total. The average molecular weight is 267 g/mol. The van der Waals surface area contributed by atoms with E-state index in [1.807, 2.05) is 24.4 Å². The van der Waals surface area contributed by atoms with Crippen molar-refractivity contribution in [3.05, 3.63) is 30.1 Å². The van der Waals surface area contributed by atoms with Gasteiger partial charge in [-0.3, -0.25) is 4.98 Å². The lowest BCUT2D eigenvalue weighted by Crippen LogP contribution is -3.00. The van der Waals surface area contributed by atoms with Gasteiger partial charge in [0.15, 0.2) is 0 Å². The van der Waals surface area contributed by atoms with Gasteiger partial charge in [0.05, 0.1) is 0 Å². The molecule has 1 aromatic rings. The summed E-state index contributed by atoms with van der Waals surface area (Å²) in [5.41, 5.74) is 1.15. The number of hydrogen-bond acceptors (Lipinski definition) is 1. The second-order valence-corrected chi connectivity index (χ2v) is 2.55. The Labute approximate surface area is 81.2 Å². The molecule has 1 aromatic heterocycles. The van der Waals surface area contributed by atoms with Crippen molar-refractivity contribution in [1.82, 2.24) is 4.98 Å². The normalized spacial score (nSPS) is 8.50. The van der Waals surface area contributed by atoms with Gasteiger partial charge in [-0.2, -0.15) is 0 Å². The number of pyridine rings is 1. The fourth-order valence-electron chi connectivity index (χ4n) is 0.643. The summed E-state index contributed by atoms with van der Waals surface area (Å²) in [5, 5.41) is 0.990. The highest BCUT2D eigenvalue weighted by atomic mass is 79.9. The first kappa shape index (κ1) is 10.1. The predicted octanol–water partition coefficient (Wildman–Crippen LogP) is -0.865. The molecule has 0 aliphatic carbocycles. The fourth-order valence-corrected chi connectivity index (χ4v) is 1.05. The Kier molecular flexibility index (Phi) is 5.93. The zero-order valence-corrected chi connectivity index (χ0v) is 8.60. The summed E-state index contributed by atoms with van der Waals surface area (Å²) in [7, 11) is 0. The SMILES string of the molecule is BrCCc1ccccn1.[Br-].[H+]. The van der Waals surface area contributed by atoms with E-state index in [9.17, 15) is 0 Å². The van der Waals surface area contributed by atoms with Crippen molar-refractivity contribution in [3.63, 3.8) is 0 Å². The van der Waals surface area contributed by atoms with Crippen LogP contribution in [0.3, 0.4) is 0 Å². The molecule has 1 heterocycles. The second kappa shape index (κ2) is 5.86. The van der Waals surface area contributed by atoms with Gasteiger partial charge < -0.3 is 17.0 Å². The van der Waals surface area contributed by atoms with Gasteiger partial charge in [-0.05, 0) is 18.6 Å². The molecular weight excluding hydrogens is 258 g/mol. The standard InChI is InChI=1S/C7H8BrN.BrH/c8-5-4-7-3-1-2-6-9-7;/h1-3,6H,4-5H2;1H. The van der Waals surface area contributed by atoms with E-state index >= 15 is 0 Å². The molecule has 0 atom stereocenters. The Hall–Kier alpha value is 0.110. The van der Waals surface area contributed by atoms with Crippen LogP contribution in [0.1, 0.15) is 7.12 Å². The van der Waals surface area contributed by atoms with E-state index in [2.05, 4.69) is 20.9 Å². The zero-order valence-electron chi connectivity index (χ0n) is 6.43. The highest BCUT2D eigenvalue weighted by molar-refractivity contribution is 9.09. The van der Waals surface area contributed by atoms with Crippen LogP contribution in [0.4, 0.5) is 0 Å². The molecule has 0 fully saturated rings. The molecule has 0 radical (unpaired) electrons. The Bertz CT molecular complexity index is 169. The quantitative estimate of drug-likeness (QED) is 0.635. The van der Waals surface area contributed by atoms with E-state index in [1.165, 1.54) is 0 Å². The van der Waals surface area contributed by atoms with E-state index in [-0.39, 0.29) is 18.4 Å². The number of hydrogen-bond donors (Lipinski definition) is 0. The number of nitrogens with zero attached hydrogens (tertiary/aromatic N) is 1. The van der Waals surface area contributed by atoms with Crippen molar-refractivity contribution in [1.29, 1.82) is 0 Å². The number of aryl methyl sites for hydroxylation is 1. The number of halogens is 2. The molecule has 0 aromatic carbocycles. The molecule has 1 rings (SSSR count). The van der Waals surface area contributed by atoms with E-state index in [0.29, 0.717) is 0 Å². The Morgan fingerprint density at radius 2 is 2.30 bits per heavy atom. The van der Waals surface area contributed by atoms with Crippen LogP contribution in [0, 0.1) is 0 Å². The Balaban J connectivity index is 0. The third kappa shape index (κ3) is 3.32. The van der Waals surface area contributed by atoms with E-state index in [1.54, 1.807) is 0 Å². The number of aromatic nitrogens is 1. The summed E-state index contributed by atoms with van der Waals surface area (Å²) in [6, 6.07) is 5.96. The van der Waals surface area contributed by atoms with Gasteiger partial charge in [-0.1, -0.05) is 22.0 Å². The van der Waals surface area contributed by atoms with Crippen molar-refractivity contribution in [2.24, 2.45) is 0 Å². The molecule has 10 heavy (non-hydrogen) atoms. The monoisotopic (exact) mass is 265 g/mol. The molecule has 0 amide bonds. The molecule has 0 spiro atoms. The van der Waals surface area contributed by atoms with Crippen LogP contribution in [0.25, 0.3) is 0 Å². The van der Waals surface area contributed by atoms with E-state index in [4.69, 9.17) is 0 Å². The van der Waals surface area contributed by atoms with Crippen molar-refractivity contribution in [3.8, 4) is 0 Å². The zero-order chi connectivity index (χ0) is 6.53. The van der Waals surface area contributed by atoms with Crippen LogP contribution in [0.15, 0.2) is 24.4 Å². The third-order valence-corrected chi connectivity index (χ3v) is 1.47. The van der Waals surface area contributed by atoms with Gasteiger partial charge in [0.25, 0.3) is 0 Å². The highest BCUT2D eigenvalue weighted by Crippen LogP contribution is 1.95. The summed E-state index contributed by atoms with van der Waals surface area (Å²) in [6.07, 6.45) is 2.83. The first-order valence-electron chi connectivity index (χ1n) is 2.89. The maximum absolute atomic E-state index is 4.14. The lowest BCUT2D eigenvalue weighted by atomic mass is 10.3. The maximum Gasteiger partial charge on any atom is 1.00 e. The Morgan fingerprint density at radius 3 is 2.80 bits per heavy atom. The molecule has 0 saturated heterocycles. The second-order valence-electron chi connectivity index (χ2n) is 1.76. The molecule has 0 unspecified atom stereocenters. The molecule has 0 N–H and O–H groups in total. The van der Waals surface area contributed by atoms with Crippen molar-refractivity contribution in [2.45, 2.75) is 6.42 Å². The third-order valence-electron chi connectivity index (χ3n) is 1.08. The summed E-state index contributed by atoms with van der Waals surface area (Å²) in [4.78, 5) is 4.14. The minimum atomic E-state index is 0. The van der Waals surface area contributed by atoms with Gasteiger partial charge in [0.2, 0.25) is 0 Å². The Morgan fingerprint density at radius 1 is 1.50 bits per heavy atom. The minimum absolute atomic E-state index is 0. The highest BCUT2D eigenvalue weighted by Gasteiger charge is 1.87. The van der Waals surface area contributed by atoms with E-state index in [0.717, 1.165) is 17.4 Å². The van der Waals surface area contributed by atoms with Crippen LogP contribution in [0.2, 0.25) is 0 Å². The van der Waals surface area contributed by atoms with Gasteiger partial charge in [-0.15, -0.1) is 0 Å². The summed E-state index contributed by atoms with van der Waals surface area (Å²) in [6.45, 7) is 0. The van der Waals surface area contributed by atoms with E-state index < -0.39 is 0 Å². The summed E-state index contributed by atoms with van der Waals surface area (Å²) in [5.74, 6) is 0. The van der Waals surface area contributed by atoms with Crippen LogP contribution in [-0.2, 0) is 6.42 Å². The summed E-state index contributed by atoms with van der Waals surface area (Å²) >= 11 is 3.35. The molecule has 56 valence electrons. The maximum atomic E-state index is 4.14. The lowest BCUT2D eigenvalue weighted by Gasteiger charge is -1.91. The molecule has 0 saturated carbocycles. The molecular formula is C7H9Br2N. The summed E-state index contributed by atoms with van der Waals surface area (Å²) < 4.78 is 0. The van der Waals surface area contributed by atoms with Gasteiger partial charge in [-0.25, -0.2) is 0 Å². The van der Waals surface area contributed by atoms with Gasteiger partial charge >= 0.3 is 1.43 Å². The van der Waals surface area contributed by atoms with Crippen molar-refractivity contribution < 1.29 is 18.4 Å². The molecule has 3 heteroatoms. The van der Waals surface area contributed by atoms with Crippen molar-refractivity contribution >= 4 is 15.9 Å². The molecule has 0 aliphatic heterocycles. The topological polar surface area (TPSA) is 12.9 Å². The van der Waals surface area contributed by atoms with Crippen LogP contribution in [-0.4, -0.2) is 10.3 Å². The first-order valence-corrected chi connectivity index (χ1v) is 4.01. The molecule has 0 bridgehead atoms. The molecule has 0 aliphatic rings. The fraction of sp³-hybridized carbons (Fsp3) is 0.286. The lowest BCUT2D eigenvalue weighted by molar-refractivity contribution is -0.00000183. The largest absolute Gasteiger partial charge is 1.00 e. The average Bonchev–Trinajstić information content (AvgIpc) is 1.91. The smallest absolute Gasteiger partial charge is 1.00 e. The number of alkyl halides is 1. The van der Waals surface area contributed by atoms with Gasteiger partial charge in [0.1, 0.15) is 0 Å². The van der Waals surface area contributed by atoms with Crippen LogP contribution >= 0.6 is 15.9 Å².